The predicted molar refractivity (Wildman–Crippen MR) is 66.6 cm³/mol. The van der Waals surface area contributed by atoms with E-state index in [0.717, 1.165) is 0 Å². The summed E-state index contributed by atoms with van der Waals surface area (Å²) in [6.45, 7) is 0. The third-order valence-corrected chi connectivity index (χ3v) is 3.48. The van der Waals surface area contributed by atoms with Crippen molar-refractivity contribution in [1.82, 2.24) is 4.90 Å². The third-order valence-electron chi connectivity index (χ3n) is 3.48. The molecule has 7 nitrogen and oxygen atoms in total. The lowest BCUT2D eigenvalue weighted by Crippen LogP contribution is -2.38. The standard InChI is InChI=1S/C13H15NO6/c1-18-10(15)6-7-8-4-5-9(11(7)12(16)19-2)14(8)13(17)20-3/h4-6,8-9,11H,1-3H3/b7-6+/t8-,9+,11+/m0/s1. The van der Waals surface area contributed by atoms with Crippen LogP contribution in [0.1, 0.15) is 0 Å². The van der Waals surface area contributed by atoms with Gasteiger partial charge in [-0.05, 0) is 5.57 Å². The summed E-state index contributed by atoms with van der Waals surface area (Å²) in [6.07, 6.45) is 4.14. The minimum Gasteiger partial charge on any atom is -0.468 e. The molecule has 1 fully saturated rings. The minimum atomic E-state index is -0.715. The Kier molecular flexibility index (Phi) is 3.78. The maximum Gasteiger partial charge on any atom is 0.410 e. The number of carbonyl (C=O) groups excluding carboxylic acids is 3. The first kappa shape index (κ1) is 14.1. The third kappa shape index (κ3) is 2.04. The highest BCUT2D eigenvalue weighted by atomic mass is 16.5. The van der Waals surface area contributed by atoms with Crippen molar-refractivity contribution in [2.24, 2.45) is 5.92 Å². The van der Waals surface area contributed by atoms with Gasteiger partial charge in [-0.25, -0.2) is 9.59 Å². The number of hydrogen-bond donors (Lipinski definition) is 0. The maximum atomic E-state index is 11.9. The average Bonchev–Trinajstić information content (AvgIpc) is 3.01. The Labute approximate surface area is 115 Å². The van der Waals surface area contributed by atoms with Gasteiger partial charge in [0.1, 0.15) is 5.92 Å². The monoisotopic (exact) mass is 281 g/mol. The Bertz CT molecular complexity index is 509. The summed E-state index contributed by atoms with van der Waals surface area (Å²) in [5.41, 5.74) is 0.474. The molecule has 0 N–H and O–H groups in total. The molecular formula is C13H15NO6. The predicted octanol–water partition coefficient (Wildman–Crippen LogP) is 0.264. The van der Waals surface area contributed by atoms with E-state index in [1.54, 1.807) is 12.2 Å². The second kappa shape index (κ2) is 5.36. The van der Waals surface area contributed by atoms with E-state index < -0.39 is 36.0 Å². The first-order valence-electron chi connectivity index (χ1n) is 5.97. The van der Waals surface area contributed by atoms with Gasteiger partial charge in [0.25, 0.3) is 0 Å². The summed E-state index contributed by atoms with van der Waals surface area (Å²) in [6, 6.07) is -0.994. The lowest BCUT2D eigenvalue weighted by atomic mass is 9.88. The fourth-order valence-electron chi connectivity index (χ4n) is 2.63. The van der Waals surface area contributed by atoms with Gasteiger partial charge in [-0.1, -0.05) is 12.2 Å². The van der Waals surface area contributed by atoms with Crippen molar-refractivity contribution in [1.29, 1.82) is 0 Å². The number of hydrogen-bond acceptors (Lipinski definition) is 6. The zero-order valence-corrected chi connectivity index (χ0v) is 11.4. The van der Waals surface area contributed by atoms with E-state index in [0.29, 0.717) is 5.57 Å². The SMILES string of the molecule is COC(=O)/C=C1/[C@@H](C(=O)OC)[C@H]2C=C[C@@H]1N2C(=O)OC. The van der Waals surface area contributed by atoms with Crippen molar-refractivity contribution < 1.29 is 28.6 Å². The number of rotatable bonds is 2. The molecule has 1 saturated heterocycles. The molecule has 0 spiro atoms. The molecule has 7 heteroatoms. The molecule has 0 saturated carbocycles. The molecule has 108 valence electrons. The Morgan fingerprint density at radius 1 is 1.10 bits per heavy atom. The normalized spacial score (nSPS) is 28.6. The van der Waals surface area contributed by atoms with Crippen LogP contribution in [0.5, 0.6) is 0 Å². The molecule has 3 atom stereocenters. The Morgan fingerprint density at radius 2 is 1.80 bits per heavy atom. The summed E-state index contributed by atoms with van der Waals surface area (Å²) < 4.78 is 14.0. The first-order valence-corrected chi connectivity index (χ1v) is 5.97. The number of esters is 2. The number of methoxy groups -OCH3 is 3. The number of nitrogens with zero attached hydrogens (tertiary/aromatic N) is 1. The van der Waals surface area contributed by atoms with E-state index in [1.165, 1.54) is 32.3 Å². The topological polar surface area (TPSA) is 82.1 Å². The molecule has 2 heterocycles. The van der Waals surface area contributed by atoms with Crippen molar-refractivity contribution >= 4 is 18.0 Å². The number of carbonyl (C=O) groups is 3. The second-order valence-electron chi connectivity index (χ2n) is 4.37. The smallest absolute Gasteiger partial charge is 0.410 e. The highest BCUT2D eigenvalue weighted by Gasteiger charge is 2.53. The van der Waals surface area contributed by atoms with E-state index in [2.05, 4.69) is 4.74 Å². The summed E-state index contributed by atoms with van der Waals surface area (Å²) >= 11 is 0. The molecule has 0 radical (unpaired) electrons. The van der Waals surface area contributed by atoms with Gasteiger partial charge in [-0.2, -0.15) is 0 Å². The second-order valence-corrected chi connectivity index (χ2v) is 4.37. The zero-order chi connectivity index (χ0) is 14.9. The molecule has 2 aliphatic rings. The van der Waals surface area contributed by atoms with Crippen molar-refractivity contribution in [3.63, 3.8) is 0 Å². The average molecular weight is 281 g/mol. The van der Waals surface area contributed by atoms with Crippen LogP contribution in [0.4, 0.5) is 4.79 Å². The molecule has 0 aromatic rings. The van der Waals surface area contributed by atoms with Crippen molar-refractivity contribution in [3.8, 4) is 0 Å². The summed E-state index contributed by atoms with van der Waals surface area (Å²) in [5.74, 6) is -1.81. The van der Waals surface area contributed by atoms with Gasteiger partial charge < -0.3 is 14.2 Å². The first-order chi connectivity index (χ1) is 9.54. The van der Waals surface area contributed by atoms with Gasteiger partial charge in [-0.15, -0.1) is 0 Å². The van der Waals surface area contributed by atoms with Crippen LogP contribution >= 0.6 is 0 Å². The van der Waals surface area contributed by atoms with Gasteiger partial charge in [0, 0.05) is 6.08 Å². The van der Waals surface area contributed by atoms with Gasteiger partial charge in [-0.3, -0.25) is 9.69 Å². The molecule has 2 aliphatic heterocycles. The Hall–Kier alpha value is -2.31. The van der Waals surface area contributed by atoms with Crippen LogP contribution < -0.4 is 0 Å². The van der Waals surface area contributed by atoms with E-state index in [4.69, 9.17) is 9.47 Å². The van der Waals surface area contributed by atoms with Crippen LogP contribution in [0.2, 0.25) is 0 Å². The lowest BCUT2D eigenvalue weighted by Gasteiger charge is -2.20. The maximum absolute atomic E-state index is 11.9. The number of amides is 1. The van der Waals surface area contributed by atoms with E-state index in [-0.39, 0.29) is 0 Å². The molecular weight excluding hydrogens is 266 g/mol. The van der Waals surface area contributed by atoms with E-state index in [1.807, 2.05) is 0 Å². The molecule has 1 amide bonds. The Morgan fingerprint density at radius 3 is 2.35 bits per heavy atom. The van der Waals surface area contributed by atoms with Crippen LogP contribution in [0.25, 0.3) is 0 Å². The molecule has 0 aromatic heterocycles. The van der Waals surface area contributed by atoms with E-state index in [9.17, 15) is 14.4 Å². The van der Waals surface area contributed by atoms with Gasteiger partial charge in [0.05, 0.1) is 33.4 Å². The van der Waals surface area contributed by atoms with Crippen molar-refractivity contribution in [2.45, 2.75) is 12.1 Å². The molecule has 2 rings (SSSR count). The van der Waals surface area contributed by atoms with Crippen LogP contribution in [-0.2, 0) is 23.8 Å². The number of ether oxygens (including phenoxy) is 3. The van der Waals surface area contributed by atoms with Gasteiger partial charge in [0.2, 0.25) is 0 Å². The molecule has 0 aliphatic carbocycles. The Balaban J connectivity index is 2.41. The highest BCUT2D eigenvalue weighted by molar-refractivity contribution is 5.89. The molecule has 20 heavy (non-hydrogen) atoms. The van der Waals surface area contributed by atoms with Crippen molar-refractivity contribution in [3.05, 3.63) is 23.8 Å². The largest absolute Gasteiger partial charge is 0.468 e. The lowest BCUT2D eigenvalue weighted by molar-refractivity contribution is -0.144. The zero-order valence-electron chi connectivity index (χ0n) is 11.4. The fraction of sp³-hybridized carbons (Fsp3) is 0.462. The van der Waals surface area contributed by atoms with Gasteiger partial charge in [0.15, 0.2) is 0 Å². The highest BCUT2D eigenvalue weighted by Crippen LogP contribution is 2.42. The van der Waals surface area contributed by atoms with Crippen LogP contribution in [0.3, 0.4) is 0 Å². The van der Waals surface area contributed by atoms with Crippen LogP contribution in [-0.4, -0.2) is 56.3 Å². The quantitative estimate of drug-likeness (QED) is 0.312. The van der Waals surface area contributed by atoms with Crippen LogP contribution in [0.15, 0.2) is 23.8 Å². The summed E-state index contributed by atoms with van der Waals surface area (Å²) in [5, 5.41) is 0. The van der Waals surface area contributed by atoms with Gasteiger partial charge >= 0.3 is 18.0 Å². The number of fused-ring (bicyclic) bond motifs is 2. The van der Waals surface area contributed by atoms with E-state index >= 15 is 0 Å². The molecule has 0 unspecified atom stereocenters. The summed E-state index contributed by atoms with van der Waals surface area (Å²) in [7, 11) is 3.76. The summed E-state index contributed by atoms with van der Waals surface area (Å²) in [4.78, 5) is 36.5. The molecule has 2 bridgehead atoms. The minimum absolute atomic E-state index is 0.474. The van der Waals surface area contributed by atoms with Crippen LogP contribution in [0, 0.1) is 5.92 Å². The molecule has 0 aromatic carbocycles. The fourth-order valence-corrected chi connectivity index (χ4v) is 2.63. The van der Waals surface area contributed by atoms with Crippen molar-refractivity contribution in [2.75, 3.05) is 21.3 Å².